The number of tetrazole rings is 1. The van der Waals surface area contributed by atoms with Gasteiger partial charge in [0, 0.05) is 43.3 Å². The van der Waals surface area contributed by atoms with E-state index in [4.69, 9.17) is 9.47 Å². The molecule has 0 saturated carbocycles. The number of nitrogens with one attached hydrogen (secondary N) is 2. The fourth-order valence-electron chi connectivity index (χ4n) is 4.62. The molecule has 0 aliphatic carbocycles. The SMILES string of the molecule is COc1cc(OC)cc(C(NC(=O)C2CCCN2c2ccc(-c3nn[nH]n3)cc2)c2nccn2C)c1. The standard InChI is InChI=1S/C25H28N8O3/c1-32-12-10-26-24(32)22(17-13-19(35-2)15-20(14-17)36-3)27-25(34)21-5-4-11-33(21)18-8-6-16(7-9-18)23-28-30-31-29-23/h6-10,12-15,21-22H,4-5,11H2,1-3H3,(H,27,34)(H,28,29,30,31). The minimum atomic E-state index is -0.482. The van der Waals surface area contributed by atoms with Crippen molar-refractivity contribution in [3.8, 4) is 22.9 Å². The number of aromatic nitrogens is 6. The molecular formula is C25H28N8O3. The molecule has 186 valence electrons. The van der Waals surface area contributed by atoms with Gasteiger partial charge in [-0.15, -0.1) is 10.2 Å². The number of methoxy groups -OCH3 is 2. The molecule has 1 amide bonds. The molecule has 2 N–H and O–H groups in total. The van der Waals surface area contributed by atoms with Gasteiger partial charge in [-0.25, -0.2) is 4.98 Å². The third-order valence-electron chi connectivity index (χ3n) is 6.47. The molecule has 3 heterocycles. The van der Waals surface area contributed by atoms with E-state index in [0.29, 0.717) is 23.1 Å². The van der Waals surface area contributed by atoms with Crippen molar-refractivity contribution in [3.05, 3.63) is 66.2 Å². The molecule has 2 aromatic carbocycles. The molecule has 2 aromatic heterocycles. The second-order valence-electron chi connectivity index (χ2n) is 8.62. The van der Waals surface area contributed by atoms with Crippen LogP contribution in [0.15, 0.2) is 54.9 Å². The summed E-state index contributed by atoms with van der Waals surface area (Å²) >= 11 is 0. The van der Waals surface area contributed by atoms with Crippen LogP contribution in [0.3, 0.4) is 0 Å². The van der Waals surface area contributed by atoms with Gasteiger partial charge in [-0.05, 0) is 60.0 Å². The third-order valence-corrected chi connectivity index (χ3v) is 6.47. The Kier molecular flexibility index (Phi) is 6.52. The predicted octanol–water partition coefficient (Wildman–Crippen LogP) is 2.49. The van der Waals surface area contributed by atoms with Crippen LogP contribution in [0.2, 0.25) is 0 Å². The molecule has 0 bridgehead atoms. The van der Waals surface area contributed by atoms with Crippen LogP contribution < -0.4 is 19.7 Å². The Labute approximate surface area is 208 Å². The molecule has 5 rings (SSSR count). The Morgan fingerprint density at radius 1 is 1.14 bits per heavy atom. The Balaban J connectivity index is 1.41. The lowest BCUT2D eigenvalue weighted by Crippen LogP contribution is -2.45. The average molecular weight is 489 g/mol. The molecule has 1 aliphatic rings. The van der Waals surface area contributed by atoms with Crippen LogP contribution in [-0.4, -0.2) is 62.9 Å². The molecule has 11 heteroatoms. The van der Waals surface area contributed by atoms with E-state index in [1.54, 1.807) is 26.5 Å². The minimum absolute atomic E-state index is 0.0652. The zero-order valence-electron chi connectivity index (χ0n) is 20.4. The second-order valence-corrected chi connectivity index (χ2v) is 8.62. The van der Waals surface area contributed by atoms with Crippen molar-refractivity contribution < 1.29 is 14.3 Å². The zero-order valence-corrected chi connectivity index (χ0v) is 20.4. The molecule has 1 saturated heterocycles. The van der Waals surface area contributed by atoms with Crippen LogP contribution in [0.1, 0.15) is 30.3 Å². The fraction of sp³-hybridized carbons (Fsp3) is 0.320. The van der Waals surface area contributed by atoms with Crippen LogP contribution in [0.4, 0.5) is 5.69 Å². The van der Waals surface area contributed by atoms with E-state index in [1.807, 2.05) is 54.2 Å². The van der Waals surface area contributed by atoms with Crippen LogP contribution in [0.5, 0.6) is 11.5 Å². The second kappa shape index (κ2) is 10.1. The number of amides is 1. The quantitative estimate of drug-likeness (QED) is 0.388. The molecule has 4 aromatic rings. The smallest absolute Gasteiger partial charge is 0.243 e. The summed E-state index contributed by atoms with van der Waals surface area (Å²) in [5, 5.41) is 17.4. The highest BCUT2D eigenvalue weighted by Crippen LogP contribution is 2.31. The summed E-state index contributed by atoms with van der Waals surface area (Å²) in [4.78, 5) is 20.4. The maximum Gasteiger partial charge on any atom is 0.243 e. The number of aryl methyl sites for hydroxylation is 1. The summed E-state index contributed by atoms with van der Waals surface area (Å²) < 4.78 is 12.8. The number of nitrogens with zero attached hydrogens (tertiary/aromatic N) is 6. The van der Waals surface area contributed by atoms with E-state index in [1.165, 1.54) is 0 Å². The van der Waals surface area contributed by atoms with E-state index in [9.17, 15) is 4.79 Å². The van der Waals surface area contributed by atoms with E-state index >= 15 is 0 Å². The monoisotopic (exact) mass is 488 g/mol. The summed E-state index contributed by atoms with van der Waals surface area (Å²) in [6.07, 6.45) is 5.26. The fourth-order valence-corrected chi connectivity index (χ4v) is 4.62. The van der Waals surface area contributed by atoms with Gasteiger partial charge in [0.05, 0.1) is 14.2 Å². The van der Waals surface area contributed by atoms with Crippen molar-refractivity contribution in [3.63, 3.8) is 0 Å². The Hall–Kier alpha value is -4.41. The van der Waals surface area contributed by atoms with Gasteiger partial charge >= 0.3 is 0 Å². The number of H-pyrrole nitrogens is 1. The molecule has 36 heavy (non-hydrogen) atoms. The van der Waals surface area contributed by atoms with Crippen LogP contribution >= 0.6 is 0 Å². The lowest BCUT2D eigenvalue weighted by Gasteiger charge is -2.28. The van der Waals surface area contributed by atoms with Gasteiger partial charge in [0.25, 0.3) is 0 Å². The number of hydrogen-bond donors (Lipinski definition) is 2. The van der Waals surface area contributed by atoms with Gasteiger partial charge in [0.15, 0.2) is 0 Å². The van der Waals surface area contributed by atoms with E-state index in [0.717, 1.165) is 36.2 Å². The van der Waals surface area contributed by atoms with Gasteiger partial charge in [-0.2, -0.15) is 5.21 Å². The zero-order chi connectivity index (χ0) is 25.1. The number of carbonyl (C=O) groups is 1. The van der Waals surface area contributed by atoms with Crippen molar-refractivity contribution >= 4 is 11.6 Å². The maximum atomic E-state index is 13.7. The molecule has 0 spiro atoms. The number of anilines is 1. The Bertz CT molecular complexity index is 1300. The van der Waals surface area contributed by atoms with Gasteiger partial charge in [0.2, 0.25) is 11.7 Å². The topological polar surface area (TPSA) is 123 Å². The van der Waals surface area contributed by atoms with E-state index < -0.39 is 6.04 Å². The molecule has 1 aliphatic heterocycles. The summed E-state index contributed by atoms with van der Waals surface area (Å²) in [6.45, 7) is 0.791. The molecular weight excluding hydrogens is 460 g/mol. The first-order chi connectivity index (χ1) is 17.6. The van der Waals surface area contributed by atoms with Crippen molar-refractivity contribution in [2.75, 3.05) is 25.7 Å². The molecule has 1 fully saturated rings. The first-order valence-electron chi connectivity index (χ1n) is 11.7. The van der Waals surface area contributed by atoms with E-state index in [2.05, 4.69) is 35.8 Å². The Morgan fingerprint density at radius 3 is 2.50 bits per heavy atom. The predicted molar refractivity (Wildman–Crippen MR) is 133 cm³/mol. The van der Waals surface area contributed by atoms with Crippen LogP contribution in [0.25, 0.3) is 11.4 Å². The summed E-state index contributed by atoms with van der Waals surface area (Å²) in [5.74, 6) is 2.46. The number of rotatable bonds is 8. The number of benzene rings is 2. The molecule has 2 unspecified atom stereocenters. The van der Waals surface area contributed by atoms with Crippen LogP contribution in [0, 0.1) is 0 Å². The Morgan fingerprint density at radius 2 is 1.89 bits per heavy atom. The molecule has 0 radical (unpaired) electrons. The summed E-state index contributed by atoms with van der Waals surface area (Å²) in [5.41, 5.74) is 2.65. The summed E-state index contributed by atoms with van der Waals surface area (Å²) in [7, 11) is 5.12. The lowest BCUT2D eigenvalue weighted by atomic mass is 10.0. The van der Waals surface area contributed by atoms with Crippen molar-refractivity contribution in [1.82, 2.24) is 35.5 Å². The van der Waals surface area contributed by atoms with Crippen molar-refractivity contribution in [2.45, 2.75) is 24.9 Å². The third kappa shape index (κ3) is 4.59. The largest absolute Gasteiger partial charge is 0.497 e. The van der Waals surface area contributed by atoms with Gasteiger partial charge in [-0.1, -0.05) is 0 Å². The molecule has 11 nitrogen and oxygen atoms in total. The lowest BCUT2D eigenvalue weighted by molar-refractivity contribution is -0.122. The van der Waals surface area contributed by atoms with Crippen LogP contribution in [-0.2, 0) is 11.8 Å². The normalized spacial score (nSPS) is 16.1. The first kappa shape index (κ1) is 23.3. The highest BCUT2D eigenvalue weighted by molar-refractivity contribution is 5.86. The molecule has 2 atom stereocenters. The van der Waals surface area contributed by atoms with Gasteiger partial charge in [0.1, 0.15) is 29.4 Å². The van der Waals surface area contributed by atoms with Gasteiger partial charge in [-0.3, -0.25) is 4.79 Å². The first-order valence-corrected chi connectivity index (χ1v) is 11.7. The average Bonchev–Trinajstić information content (AvgIpc) is 3.69. The highest BCUT2D eigenvalue weighted by Gasteiger charge is 2.33. The number of aromatic amines is 1. The number of ether oxygens (including phenoxy) is 2. The highest BCUT2D eigenvalue weighted by atomic mass is 16.5. The summed E-state index contributed by atoms with van der Waals surface area (Å²) in [6, 6.07) is 12.6. The van der Waals surface area contributed by atoms with Crippen molar-refractivity contribution in [1.29, 1.82) is 0 Å². The maximum absolute atomic E-state index is 13.7. The van der Waals surface area contributed by atoms with Gasteiger partial charge < -0.3 is 24.3 Å². The number of imidazole rings is 1. The number of carbonyl (C=O) groups excluding carboxylic acids is 1. The number of hydrogen-bond acceptors (Lipinski definition) is 8. The van der Waals surface area contributed by atoms with Crippen molar-refractivity contribution in [2.24, 2.45) is 7.05 Å². The van der Waals surface area contributed by atoms with E-state index in [-0.39, 0.29) is 11.9 Å². The minimum Gasteiger partial charge on any atom is -0.497 e.